The number of carbonyl (C=O) groups is 1. The summed E-state index contributed by atoms with van der Waals surface area (Å²) >= 11 is 0. The van der Waals surface area contributed by atoms with Crippen LogP contribution in [-0.4, -0.2) is 24.9 Å². The summed E-state index contributed by atoms with van der Waals surface area (Å²) in [5.74, 6) is 1.76. The molecule has 6 heteroatoms. The number of anilines is 1. The standard InChI is InChI=1S/C20H19NO5/c1-12-3-5-15(17(22)7-12)21-16(9-14(24-2)10-20(21)23)13-4-6-18-19(8-13)26-11-25-18/h3-8,10,16,22H,9,11H2,1-2H3. The number of benzene rings is 2. The van der Waals surface area contributed by atoms with Crippen molar-refractivity contribution >= 4 is 11.6 Å². The molecule has 1 N–H and O–H groups in total. The van der Waals surface area contributed by atoms with Gasteiger partial charge in [0.1, 0.15) is 11.5 Å². The lowest BCUT2D eigenvalue weighted by Crippen LogP contribution is -2.37. The molecule has 1 amide bonds. The van der Waals surface area contributed by atoms with Crippen molar-refractivity contribution in [1.29, 1.82) is 0 Å². The summed E-state index contributed by atoms with van der Waals surface area (Å²) < 4.78 is 16.2. The average Bonchev–Trinajstić information content (AvgIpc) is 3.09. The Morgan fingerprint density at radius 1 is 1.15 bits per heavy atom. The highest BCUT2D eigenvalue weighted by atomic mass is 16.7. The molecule has 2 aliphatic heterocycles. The van der Waals surface area contributed by atoms with Crippen LogP contribution in [0.3, 0.4) is 0 Å². The Bertz CT molecular complexity index is 905. The third-order valence-corrected chi connectivity index (χ3v) is 4.66. The van der Waals surface area contributed by atoms with Gasteiger partial charge in [-0.25, -0.2) is 0 Å². The maximum Gasteiger partial charge on any atom is 0.255 e. The van der Waals surface area contributed by atoms with Gasteiger partial charge in [0.2, 0.25) is 6.79 Å². The third-order valence-electron chi connectivity index (χ3n) is 4.66. The van der Waals surface area contributed by atoms with Crippen LogP contribution in [0.2, 0.25) is 0 Å². The number of rotatable bonds is 3. The molecule has 0 aliphatic carbocycles. The molecule has 26 heavy (non-hydrogen) atoms. The lowest BCUT2D eigenvalue weighted by atomic mass is 9.96. The summed E-state index contributed by atoms with van der Waals surface area (Å²) in [5.41, 5.74) is 2.27. The van der Waals surface area contributed by atoms with Crippen molar-refractivity contribution in [2.45, 2.75) is 19.4 Å². The van der Waals surface area contributed by atoms with Crippen LogP contribution >= 0.6 is 0 Å². The quantitative estimate of drug-likeness (QED) is 0.915. The summed E-state index contributed by atoms with van der Waals surface area (Å²) in [4.78, 5) is 14.4. The normalized spacial score (nSPS) is 18.7. The summed E-state index contributed by atoms with van der Waals surface area (Å²) in [6.45, 7) is 2.08. The number of amides is 1. The lowest BCUT2D eigenvalue weighted by molar-refractivity contribution is -0.115. The molecule has 1 atom stereocenters. The summed E-state index contributed by atoms with van der Waals surface area (Å²) in [5, 5.41) is 10.4. The van der Waals surface area contributed by atoms with Gasteiger partial charge in [-0.2, -0.15) is 0 Å². The summed E-state index contributed by atoms with van der Waals surface area (Å²) in [6, 6.07) is 10.6. The van der Waals surface area contributed by atoms with Gasteiger partial charge in [-0.05, 0) is 42.3 Å². The molecule has 2 aromatic rings. The molecule has 0 fully saturated rings. The molecule has 0 saturated carbocycles. The molecule has 0 saturated heterocycles. The van der Waals surface area contributed by atoms with Crippen molar-refractivity contribution in [3.05, 3.63) is 59.4 Å². The zero-order valence-corrected chi connectivity index (χ0v) is 14.6. The number of hydrogen-bond donors (Lipinski definition) is 1. The molecule has 0 spiro atoms. The summed E-state index contributed by atoms with van der Waals surface area (Å²) in [7, 11) is 1.55. The monoisotopic (exact) mass is 353 g/mol. The molecule has 2 heterocycles. The average molecular weight is 353 g/mol. The zero-order valence-electron chi connectivity index (χ0n) is 14.6. The molecule has 0 radical (unpaired) electrons. The fourth-order valence-electron chi connectivity index (χ4n) is 3.35. The third kappa shape index (κ3) is 2.73. The first-order chi connectivity index (χ1) is 12.6. The van der Waals surface area contributed by atoms with Gasteiger partial charge in [0.25, 0.3) is 5.91 Å². The first-order valence-corrected chi connectivity index (χ1v) is 8.34. The second-order valence-corrected chi connectivity index (χ2v) is 6.35. The minimum atomic E-state index is -0.328. The van der Waals surface area contributed by atoms with E-state index in [2.05, 4.69) is 0 Å². The van der Waals surface area contributed by atoms with Crippen molar-refractivity contribution in [1.82, 2.24) is 0 Å². The Balaban J connectivity index is 1.80. The predicted molar refractivity (Wildman–Crippen MR) is 95.3 cm³/mol. The van der Waals surface area contributed by atoms with E-state index < -0.39 is 0 Å². The minimum Gasteiger partial charge on any atom is -0.506 e. The number of hydrogen-bond acceptors (Lipinski definition) is 5. The molecule has 0 aromatic heterocycles. The van der Waals surface area contributed by atoms with Crippen molar-refractivity contribution in [2.75, 3.05) is 18.8 Å². The van der Waals surface area contributed by atoms with Gasteiger partial charge in [0, 0.05) is 12.5 Å². The zero-order chi connectivity index (χ0) is 18.3. The highest BCUT2D eigenvalue weighted by Crippen LogP contribution is 2.42. The lowest BCUT2D eigenvalue weighted by Gasteiger charge is -2.35. The van der Waals surface area contributed by atoms with E-state index in [-0.39, 0.29) is 24.5 Å². The van der Waals surface area contributed by atoms with E-state index in [4.69, 9.17) is 14.2 Å². The van der Waals surface area contributed by atoms with Crippen molar-refractivity contribution < 1.29 is 24.1 Å². The highest BCUT2D eigenvalue weighted by Gasteiger charge is 2.34. The van der Waals surface area contributed by atoms with Gasteiger partial charge >= 0.3 is 0 Å². The van der Waals surface area contributed by atoms with E-state index in [1.54, 1.807) is 24.1 Å². The first kappa shape index (κ1) is 16.3. The number of phenolic OH excluding ortho intramolecular Hbond substituents is 1. The van der Waals surface area contributed by atoms with E-state index in [0.717, 1.165) is 11.1 Å². The Morgan fingerprint density at radius 2 is 1.96 bits per heavy atom. The van der Waals surface area contributed by atoms with Gasteiger partial charge in [0.15, 0.2) is 11.5 Å². The topological polar surface area (TPSA) is 68.2 Å². The van der Waals surface area contributed by atoms with Crippen LogP contribution in [0, 0.1) is 6.92 Å². The molecular formula is C20H19NO5. The van der Waals surface area contributed by atoms with Crippen LogP contribution in [0.5, 0.6) is 17.2 Å². The number of carbonyl (C=O) groups excluding carboxylic acids is 1. The number of nitrogens with zero attached hydrogens (tertiary/aromatic N) is 1. The minimum absolute atomic E-state index is 0.0679. The molecule has 6 nitrogen and oxygen atoms in total. The fourth-order valence-corrected chi connectivity index (χ4v) is 3.35. The van der Waals surface area contributed by atoms with E-state index in [9.17, 15) is 9.90 Å². The van der Waals surface area contributed by atoms with Gasteiger partial charge < -0.3 is 19.3 Å². The molecule has 2 aliphatic rings. The second-order valence-electron chi connectivity index (χ2n) is 6.35. The summed E-state index contributed by atoms with van der Waals surface area (Å²) in [6.07, 6.45) is 1.96. The Labute approximate surface area is 151 Å². The Kier molecular flexibility index (Phi) is 3.95. The van der Waals surface area contributed by atoms with Gasteiger partial charge in [-0.15, -0.1) is 0 Å². The molecule has 134 valence electrons. The van der Waals surface area contributed by atoms with E-state index in [1.807, 2.05) is 31.2 Å². The number of aromatic hydroxyl groups is 1. The van der Waals surface area contributed by atoms with Gasteiger partial charge in [-0.1, -0.05) is 12.1 Å². The largest absolute Gasteiger partial charge is 0.506 e. The number of fused-ring (bicyclic) bond motifs is 1. The van der Waals surface area contributed by atoms with Crippen molar-refractivity contribution in [3.63, 3.8) is 0 Å². The van der Waals surface area contributed by atoms with Gasteiger partial charge in [-0.3, -0.25) is 9.69 Å². The molecule has 4 rings (SSSR count). The second kappa shape index (κ2) is 6.29. The van der Waals surface area contributed by atoms with E-state index in [1.165, 1.54) is 6.08 Å². The Morgan fingerprint density at radius 3 is 2.73 bits per heavy atom. The van der Waals surface area contributed by atoms with Crippen LogP contribution in [0.1, 0.15) is 23.6 Å². The SMILES string of the molecule is COC1=CC(=O)N(c2ccc(C)cc2O)C(c2ccc3c(c2)OCO3)C1. The van der Waals surface area contributed by atoms with Gasteiger partial charge in [0.05, 0.1) is 18.8 Å². The first-order valence-electron chi connectivity index (χ1n) is 8.34. The van der Waals surface area contributed by atoms with Crippen LogP contribution in [0.4, 0.5) is 5.69 Å². The predicted octanol–water partition coefficient (Wildman–Crippen LogP) is 3.44. The van der Waals surface area contributed by atoms with Crippen LogP contribution in [0.25, 0.3) is 0 Å². The number of phenols is 1. The van der Waals surface area contributed by atoms with E-state index in [0.29, 0.717) is 29.4 Å². The van der Waals surface area contributed by atoms with E-state index >= 15 is 0 Å². The van der Waals surface area contributed by atoms with Crippen LogP contribution < -0.4 is 14.4 Å². The highest BCUT2D eigenvalue weighted by molar-refractivity contribution is 6.04. The maximum atomic E-state index is 12.8. The van der Waals surface area contributed by atoms with Crippen molar-refractivity contribution in [2.24, 2.45) is 0 Å². The van der Waals surface area contributed by atoms with Crippen LogP contribution in [0.15, 0.2) is 48.2 Å². The van der Waals surface area contributed by atoms with Crippen LogP contribution in [-0.2, 0) is 9.53 Å². The molecule has 2 aromatic carbocycles. The van der Waals surface area contributed by atoms with Crippen molar-refractivity contribution in [3.8, 4) is 17.2 Å². The smallest absolute Gasteiger partial charge is 0.255 e. The Hall–Kier alpha value is -3.15. The number of methoxy groups -OCH3 is 1. The molecular weight excluding hydrogens is 334 g/mol. The fraction of sp³-hybridized carbons (Fsp3) is 0.250. The number of aryl methyl sites for hydroxylation is 1. The number of ether oxygens (including phenoxy) is 3. The maximum absolute atomic E-state index is 12.8. The molecule has 1 unspecified atom stereocenters. The molecule has 0 bridgehead atoms.